The van der Waals surface area contributed by atoms with Crippen LogP contribution >= 0.6 is 0 Å². The summed E-state index contributed by atoms with van der Waals surface area (Å²) >= 11 is 0. The molecule has 0 fully saturated rings. The van der Waals surface area contributed by atoms with E-state index >= 15 is 0 Å². The number of carbonyl (C=O) groups is 1. The Bertz CT molecular complexity index is 1040. The Morgan fingerprint density at radius 1 is 1.21 bits per heavy atom. The number of rotatable bonds is 5. The molecule has 28 heavy (non-hydrogen) atoms. The zero-order valence-electron chi connectivity index (χ0n) is 16.2. The number of methoxy groups -OCH3 is 1. The lowest BCUT2D eigenvalue weighted by molar-refractivity contribution is -0.126. The molecule has 144 valence electrons. The first-order valence-corrected chi connectivity index (χ1v) is 9.56. The maximum Gasteiger partial charge on any atom is 0.246 e. The molecule has 5 heteroatoms. The van der Waals surface area contributed by atoms with Crippen molar-refractivity contribution < 1.29 is 14.3 Å². The number of aromatic nitrogens is 1. The van der Waals surface area contributed by atoms with Crippen molar-refractivity contribution in [3.05, 3.63) is 65.4 Å². The third kappa shape index (κ3) is 3.48. The Balaban J connectivity index is 1.50. The predicted octanol–water partition coefficient (Wildman–Crippen LogP) is 4.17. The van der Waals surface area contributed by atoms with Crippen LogP contribution in [0.15, 0.2) is 48.5 Å². The smallest absolute Gasteiger partial charge is 0.246 e. The lowest BCUT2D eigenvalue weighted by Gasteiger charge is -2.26. The molecule has 5 nitrogen and oxygen atoms in total. The van der Waals surface area contributed by atoms with Crippen molar-refractivity contribution in [3.8, 4) is 11.5 Å². The summed E-state index contributed by atoms with van der Waals surface area (Å²) in [5, 5.41) is 1.20. The Hall–Kier alpha value is -3.21. The van der Waals surface area contributed by atoms with E-state index in [0.29, 0.717) is 24.7 Å². The molecule has 1 aliphatic heterocycles. The standard InChI is InChI=1S/C23H24N2O3/c1-3-28-21-10-8-16(14-22(21)27-2)9-11-23(26)25-13-12-20-18(15-25)17-6-4-5-7-19(17)24-20/h4-11,14,24H,3,12-13,15H2,1-2H3/b11-9+. The summed E-state index contributed by atoms with van der Waals surface area (Å²) in [5.74, 6) is 1.39. The molecule has 3 aromatic rings. The summed E-state index contributed by atoms with van der Waals surface area (Å²) in [4.78, 5) is 18.1. The molecular formula is C23H24N2O3. The number of nitrogens with one attached hydrogen (secondary N) is 1. The van der Waals surface area contributed by atoms with Crippen LogP contribution in [-0.4, -0.2) is 36.1 Å². The second-order valence-electron chi connectivity index (χ2n) is 6.81. The van der Waals surface area contributed by atoms with Gasteiger partial charge in [-0.3, -0.25) is 4.79 Å². The van der Waals surface area contributed by atoms with E-state index in [1.807, 2.05) is 48.2 Å². The molecule has 2 aromatic carbocycles. The van der Waals surface area contributed by atoms with E-state index in [4.69, 9.17) is 9.47 Å². The molecule has 0 aliphatic carbocycles. The van der Waals surface area contributed by atoms with Gasteiger partial charge in [-0.2, -0.15) is 0 Å². The lowest BCUT2D eigenvalue weighted by atomic mass is 10.0. The highest BCUT2D eigenvalue weighted by molar-refractivity contribution is 5.93. The highest BCUT2D eigenvalue weighted by Crippen LogP contribution is 2.29. The number of nitrogens with zero attached hydrogens (tertiary/aromatic N) is 1. The summed E-state index contributed by atoms with van der Waals surface area (Å²) in [5.41, 5.74) is 4.51. The van der Waals surface area contributed by atoms with Crippen LogP contribution in [0.3, 0.4) is 0 Å². The van der Waals surface area contributed by atoms with Gasteiger partial charge >= 0.3 is 0 Å². The average molecular weight is 376 g/mol. The minimum absolute atomic E-state index is 0.0174. The first-order valence-electron chi connectivity index (χ1n) is 9.56. The maximum absolute atomic E-state index is 12.7. The zero-order chi connectivity index (χ0) is 19.5. The van der Waals surface area contributed by atoms with Gasteiger partial charge in [-0.15, -0.1) is 0 Å². The van der Waals surface area contributed by atoms with Crippen LogP contribution in [0.1, 0.15) is 23.7 Å². The number of fused-ring (bicyclic) bond motifs is 3. The van der Waals surface area contributed by atoms with E-state index in [0.717, 1.165) is 24.0 Å². The summed E-state index contributed by atoms with van der Waals surface area (Å²) in [7, 11) is 1.61. The SMILES string of the molecule is CCOc1ccc(/C=C/C(=O)N2CCc3[nH]c4ccccc4c3C2)cc1OC. The minimum atomic E-state index is 0.0174. The number of hydrogen-bond acceptors (Lipinski definition) is 3. The van der Waals surface area contributed by atoms with Crippen molar-refractivity contribution in [2.24, 2.45) is 0 Å². The molecule has 0 spiro atoms. The van der Waals surface area contributed by atoms with Crippen LogP contribution in [-0.2, 0) is 17.8 Å². The maximum atomic E-state index is 12.7. The molecule has 1 aliphatic rings. The summed E-state index contributed by atoms with van der Waals surface area (Å²) in [6.07, 6.45) is 4.31. The van der Waals surface area contributed by atoms with Crippen molar-refractivity contribution in [2.45, 2.75) is 19.9 Å². The van der Waals surface area contributed by atoms with Crippen molar-refractivity contribution in [1.82, 2.24) is 9.88 Å². The van der Waals surface area contributed by atoms with Crippen LogP contribution in [0.4, 0.5) is 0 Å². The highest BCUT2D eigenvalue weighted by Gasteiger charge is 2.22. The number of ether oxygens (including phenoxy) is 2. The third-order valence-corrected chi connectivity index (χ3v) is 5.10. The highest BCUT2D eigenvalue weighted by atomic mass is 16.5. The van der Waals surface area contributed by atoms with Gasteiger partial charge in [-0.1, -0.05) is 24.3 Å². The summed E-state index contributed by atoms with van der Waals surface area (Å²) in [6, 6.07) is 13.9. The molecule has 1 amide bonds. The van der Waals surface area contributed by atoms with Gasteiger partial charge in [0.2, 0.25) is 5.91 Å². The number of aromatic amines is 1. The van der Waals surface area contributed by atoms with Crippen LogP contribution in [0.25, 0.3) is 17.0 Å². The molecular weight excluding hydrogens is 352 g/mol. The van der Waals surface area contributed by atoms with Gasteiger partial charge < -0.3 is 19.4 Å². The largest absolute Gasteiger partial charge is 0.493 e. The average Bonchev–Trinajstić information content (AvgIpc) is 3.10. The molecule has 4 rings (SSSR count). The Kier molecular flexibility index (Phi) is 5.06. The van der Waals surface area contributed by atoms with E-state index in [1.165, 1.54) is 16.6 Å². The van der Waals surface area contributed by atoms with Gasteiger partial charge in [0.05, 0.1) is 13.7 Å². The third-order valence-electron chi connectivity index (χ3n) is 5.10. The van der Waals surface area contributed by atoms with Gasteiger partial charge in [0, 0.05) is 47.7 Å². The molecule has 1 aromatic heterocycles. The number of amides is 1. The van der Waals surface area contributed by atoms with E-state index in [1.54, 1.807) is 13.2 Å². The van der Waals surface area contributed by atoms with Gasteiger partial charge in [-0.05, 0) is 36.8 Å². The van der Waals surface area contributed by atoms with E-state index in [9.17, 15) is 4.79 Å². The first kappa shape index (κ1) is 18.2. The summed E-state index contributed by atoms with van der Waals surface area (Å²) in [6.45, 7) is 3.86. The second kappa shape index (κ2) is 7.80. The monoisotopic (exact) mass is 376 g/mol. The molecule has 0 atom stereocenters. The van der Waals surface area contributed by atoms with E-state index in [2.05, 4.69) is 17.1 Å². The topological polar surface area (TPSA) is 54.6 Å². The fourth-order valence-electron chi connectivity index (χ4n) is 3.69. The first-order chi connectivity index (χ1) is 13.7. The molecule has 1 N–H and O–H groups in total. The molecule has 0 saturated heterocycles. The van der Waals surface area contributed by atoms with E-state index in [-0.39, 0.29) is 5.91 Å². The van der Waals surface area contributed by atoms with Gasteiger partial charge in [0.15, 0.2) is 11.5 Å². The fraction of sp³-hybridized carbons (Fsp3) is 0.261. The number of hydrogen-bond donors (Lipinski definition) is 1. The zero-order valence-corrected chi connectivity index (χ0v) is 16.2. The quantitative estimate of drug-likeness (QED) is 0.680. The second-order valence-corrected chi connectivity index (χ2v) is 6.81. The Morgan fingerprint density at radius 2 is 2.07 bits per heavy atom. The number of para-hydroxylation sites is 1. The molecule has 0 radical (unpaired) electrons. The Labute approximate surface area is 164 Å². The van der Waals surface area contributed by atoms with Crippen molar-refractivity contribution in [3.63, 3.8) is 0 Å². The van der Waals surface area contributed by atoms with Crippen molar-refractivity contribution >= 4 is 22.9 Å². The van der Waals surface area contributed by atoms with Crippen molar-refractivity contribution in [2.75, 3.05) is 20.3 Å². The molecule has 0 saturated carbocycles. The van der Waals surface area contributed by atoms with E-state index < -0.39 is 0 Å². The molecule has 2 heterocycles. The van der Waals surface area contributed by atoms with Crippen LogP contribution in [0.5, 0.6) is 11.5 Å². The fourth-order valence-corrected chi connectivity index (χ4v) is 3.69. The predicted molar refractivity (Wildman–Crippen MR) is 111 cm³/mol. The van der Waals surface area contributed by atoms with Crippen LogP contribution < -0.4 is 9.47 Å². The summed E-state index contributed by atoms with van der Waals surface area (Å²) < 4.78 is 10.9. The minimum Gasteiger partial charge on any atom is -0.493 e. The molecule has 0 bridgehead atoms. The lowest BCUT2D eigenvalue weighted by Crippen LogP contribution is -2.34. The number of carbonyl (C=O) groups excluding carboxylic acids is 1. The normalized spacial score (nSPS) is 13.7. The van der Waals surface area contributed by atoms with Gasteiger partial charge in [0.1, 0.15) is 0 Å². The number of H-pyrrole nitrogens is 1. The van der Waals surface area contributed by atoms with Gasteiger partial charge in [0.25, 0.3) is 0 Å². The van der Waals surface area contributed by atoms with Crippen LogP contribution in [0, 0.1) is 0 Å². The van der Waals surface area contributed by atoms with Gasteiger partial charge in [-0.25, -0.2) is 0 Å². The number of benzene rings is 2. The molecule has 0 unspecified atom stereocenters. The van der Waals surface area contributed by atoms with Crippen molar-refractivity contribution in [1.29, 1.82) is 0 Å². The Morgan fingerprint density at radius 3 is 2.89 bits per heavy atom. The van der Waals surface area contributed by atoms with Crippen LogP contribution in [0.2, 0.25) is 0 Å².